The average Bonchev–Trinajstić information content (AvgIpc) is 3.05. The summed E-state index contributed by atoms with van der Waals surface area (Å²) in [5, 5.41) is 36.0. The van der Waals surface area contributed by atoms with Crippen molar-refractivity contribution in [2.75, 3.05) is 6.61 Å². The van der Waals surface area contributed by atoms with E-state index in [1.54, 1.807) is 24.3 Å². The highest BCUT2D eigenvalue weighted by molar-refractivity contribution is 7.54. The fourth-order valence-electron chi connectivity index (χ4n) is 3.84. The molecule has 182 valence electrons. The molecule has 0 amide bonds. The van der Waals surface area contributed by atoms with Gasteiger partial charge in [-0.1, -0.05) is 28.8 Å². The van der Waals surface area contributed by atoms with Gasteiger partial charge < -0.3 is 24.6 Å². The molecule has 2 aromatic rings. The Labute approximate surface area is 195 Å². The van der Waals surface area contributed by atoms with Gasteiger partial charge >= 0.3 is 13.3 Å². The topological polar surface area (TPSA) is 209 Å². The summed E-state index contributed by atoms with van der Waals surface area (Å²) in [6, 6.07) is 7.44. The highest BCUT2D eigenvalue weighted by atomic mass is 35.5. The fraction of sp³-hybridized carbons (Fsp3) is 0.444. The molecule has 3 unspecified atom stereocenters. The second-order valence-corrected chi connectivity index (χ2v) is 10.1. The van der Waals surface area contributed by atoms with E-state index < -0.39 is 55.0 Å². The van der Waals surface area contributed by atoms with Gasteiger partial charge in [0.25, 0.3) is 5.56 Å². The summed E-state index contributed by atoms with van der Waals surface area (Å²) in [6.07, 6.45) is -5.49. The van der Waals surface area contributed by atoms with Gasteiger partial charge in [-0.15, -0.1) is 0 Å². The minimum absolute atomic E-state index is 0.140. The Morgan fingerprint density at radius 1 is 1.35 bits per heavy atom. The molecule has 2 saturated heterocycles. The Bertz CT molecular complexity index is 1300. The fourth-order valence-corrected chi connectivity index (χ4v) is 6.01. The normalized spacial score (nSPS) is 34.4. The number of benzene rings is 1. The van der Waals surface area contributed by atoms with E-state index in [1.807, 2.05) is 4.98 Å². The van der Waals surface area contributed by atoms with E-state index in [1.165, 1.54) is 0 Å². The van der Waals surface area contributed by atoms with Crippen molar-refractivity contribution in [3.63, 3.8) is 0 Å². The molecular formula is C18H19ClN5O9P. The molecule has 3 heterocycles. The lowest BCUT2D eigenvalue weighted by Gasteiger charge is -2.38. The number of aliphatic hydroxyl groups excluding tert-OH is 3. The second-order valence-electron chi connectivity index (χ2n) is 7.59. The van der Waals surface area contributed by atoms with Crippen molar-refractivity contribution in [2.24, 2.45) is 5.11 Å². The predicted octanol–water partition coefficient (Wildman–Crippen LogP) is 1.14. The number of halogens is 1. The number of rotatable bonds is 5. The molecule has 0 aliphatic carbocycles. The number of azide groups is 1. The highest BCUT2D eigenvalue weighted by Crippen LogP contribution is 2.64. The van der Waals surface area contributed by atoms with E-state index in [9.17, 15) is 29.5 Å². The van der Waals surface area contributed by atoms with Gasteiger partial charge in [0.15, 0.2) is 12.1 Å². The van der Waals surface area contributed by atoms with E-state index in [0.717, 1.165) is 12.3 Å². The summed E-state index contributed by atoms with van der Waals surface area (Å²) < 4.78 is 30.6. The second kappa shape index (κ2) is 9.27. The number of aromatic amines is 1. The predicted molar refractivity (Wildman–Crippen MR) is 115 cm³/mol. The molecule has 14 nitrogen and oxygen atoms in total. The quantitative estimate of drug-likeness (QED) is 0.194. The molecule has 1 aromatic heterocycles. The summed E-state index contributed by atoms with van der Waals surface area (Å²) in [5.74, 6) is -2.41. The molecule has 0 saturated carbocycles. The number of aromatic nitrogens is 2. The number of H-pyrrole nitrogens is 1. The zero-order valence-electron chi connectivity index (χ0n) is 17.2. The molecule has 4 N–H and O–H groups in total. The molecule has 0 spiro atoms. The number of aliphatic hydroxyl groups is 3. The van der Waals surface area contributed by atoms with Gasteiger partial charge in [0, 0.05) is 28.6 Å². The number of hydrogen-bond donors (Lipinski definition) is 4. The molecule has 2 fully saturated rings. The van der Waals surface area contributed by atoms with Crippen LogP contribution in [0.3, 0.4) is 0 Å². The molecular weight excluding hydrogens is 497 g/mol. The standard InChI is InChI=1S/C18H19ClN5O9P/c19-10-3-1-2-9(8-10)11-5-7-31-34(30,33-11)16(28)18(22-23-20)14(27)13(26)15(32-18)24-6-4-12(25)21-17(24)29/h1-4,6,8,11,13-16,26-28H,5,7H2,(H,21,25,29)/t11?,13-,14+,15-,16?,18+,34?/m1/s1. The lowest BCUT2D eigenvalue weighted by Crippen LogP contribution is -2.51. The van der Waals surface area contributed by atoms with Gasteiger partial charge in [0.05, 0.1) is 12.7 Å². The molecule has 1 aromatic carbocycles. The summed E-state index contributed by atoms with van der Waals surface area (Å²) >= 11 is 6.01. The van der Waals surface area contributed by atoms with E-state index in [0.29, 0.717) is 15.2 Å². The molecule has 34 heavy (non-hydrogen) atoms. The Balaban J connectivity index is 1.70. The molecule has 7 atom stereocenters. The van der Waals surface area contributed by atoms with Crippen LogP contribution in [0.2, 0.25) is 5.02 Å². The molecule has 0 bridgehead atoms. The number of ether oxygens (including phenoxy) is 1. The smallest absolute Gasteiger partial charge is 0.362 e. The maximum atomic E-state index is 13.6. The molecule has 4 rings (SSSR count). The van der Waals surface area contributed by atoms with Gasteiger partial charge in [0.2, 0.25) is 5.72 Å². The molecule has 0 radical (unpaired) electrons. The van der Waals surface area contributed by atoms with E-state index in [2.05, 4.69) is 10.0 Å². The van der Waals surface area contributed by atoms with Gasteiger partial charge in [-0.2, -0.15) is 0 Å². The van der Waals surface area contributed by atoms with Crippen molar-refractivity contribution in [3.8, 4) is 0 Å². The Morgan fingerprint density at radius 3 is 2.79 bits per heavy atom. The lowest BCUT2D eigenvalue weighted by molar-refractivity contribution is -0.146. The number of nitrogens with zero attached hydrogens (tertiary/aromatic N) is 4. The molecule has 2 aliphatic heterocycles. The first-order valence-corrected chi connectivity index (χ1v) is 11.9. The van der Waals surface area contributed by atoms with E-state index >= 15 is 0 Å². The monoisotopic (exact) mass is 515 g/mol. The van der Waals surface area contributed by atoms with Crippen LogP contribution in [0.1, 0.15) is 24.3 Å². The zero-order chi connectivity index (χ0) is 24.7. The first kappa shape index (κ1) is 24.6. The lowest BCUT2D eigenvalue weighted by atomic mass is 10.1. The van der Waals surface area contributed by atoms with Crippen molar-refractivity contribution in [1.29, 1.82) is 0 Å². The minimum Gasteiger partial charge on any atom is -0.387 e. The van der Waals surface area contributed by atoms with Gasteiger partial charge in [0.1, 0.15) is 12.2 Å². The first-order chi connectivity index (χ1) is 16.1. The summed E-state index contributed by atoms with van der Waals surface area (Å²) in [5.41, 5.74) is 5.10. The third-order valence-electron chi connectivity index (χ3n) is 5.49. The van der Waals surface area contributed by atoms with Crippen molar-refractivity contribution in [1.82, 2.24) is 9.55 Å². The largest absolute Gasteiger partial charge is 0.387 e. The van der Waals surface area contributed by atoms with Crippen molar-refractivity contribution >= 4 is 19.2 Å². The van der Waals surface area contributed by atoms with Gasteiger partial charge in [-0.3, -0.25) is 23.4 Å². The van der Waals surface area contributed by atoms with Gasteiger partial charge in [-0.25, -0.2) is 4.79 Å². The van der Waals surface area contributed by atoms with Crippen molar-refractivity contribution in [3.05, 3.63) is 78.4 Å². The van der Waals surface area contributed by atoms with Crippen molar-refractivity contribution < 1.29 is 33.7 Å². The average molecular weight is 516 g/mol. The van der Waals surface area contributed by atoms with E-state index in [-0.39, 0.29) is 13.0 Å². The highest BCUT2D eigenvalue weighted by Gasteiger charge is 2.65. The van der Waals surface area contributed by atoms with Crippen LogP contribution >= 0.6 is 19.2 Å². The molecule has 2 aliphatic rings. The van der Waals surface area contributed by atoms with Crippen molar-refractivity contribution in [2.45, 2.75) is 42.5 Å². The summed E-state index contributed by atoms with van der Waals surface area (Å²) in [7, 11) is -4.58. The number of nitrogens with one attached hydrogen (secondary N) is 1. The van der Waals surface area contributed by atoms with Crippen LogP contribution in [0.25, 0.3) is 10.4 Å². The van der Waals surface area contributed by atoms with Crippen LogP contribution in [0.15, 0.2) is 51.2 Å². The third kappa shape index (κ3) is 4.20. The Kier molecular flexibility index (Phi) is 6.71. The molecule has 16 heteroatoms. The van der Waals surface area contributed by atoms with Crippen LogP contribution < -0.4 is 11.2 Å². The maximum Gasteiger partial charge on any atom is 0.362 e. The zero-order valence-corrected chi connectivity index (χ0v) is 18.8. The van der Waals surface area contributed by atoms with Crippen LogP contribution in [-0.4, -0.2) is 55.3 Å². The van der Waals surface area contributed by atoms with Crippen LogP contribution in [0.4, 0.5) is 0 Å². The Morgan fingerprint density at radius 2 is 2.12 bits per heavy atom. The Hall–Kier alpha value is -2.51. The van der Waals surface area contributed by atoms with Crippen LogP contribution in [-0.2, 0) is 18.3 Å². The van der Waals surface area contributed by atoms with Gasteiger partial charge in [-0.05, 0) is 23.2 Å². The van der Waals surface area contributed by atoms with Crippen LogP contribution in [0, 0.1) is 0 Å². The first-order valence-electron chi connectivity index (χ1n) is 9.89. The number of hydrogen-bond acceptors (Lipinski definition) is 10. The SMILES string of the molecule is [N-]=[N+]=N[C@]1(C(O)P2(=O)OCCC(c3cccc(Cl)c3)O2)O[C@@H](n2ccc(=O)[nH]c2=O)[C@H](O)[C@@H]1O. The van der Waals surface area contributed by atoms with Crippen LogP contribution in [0.5, 0.6) is 0 Å². The third-order valence-corrected chi connectivity index (χ3v) is 7.79. The van der Waals surface area contributed by atoms with E-state index in [4.69, 9.17) is 30.9 Å². The maximum absolute atomic E-state index is 13.6. The minimum atomic E-state index is -4.58. The summed E-state index contributed by atoms with van der Waals surface area (Å²) in [6.45, 7) is -0.140. The summed E-state index contributed by atoms with van der Waals surface area (Å²) in [4.78, 5) is 28.0.